The van der Waals surface area contributed by atoms with Gasteiger partial charge in [-0.05, 0) is 0 Å². The van der Waals surface area contributed by atoms with Crippen LogP contribution in [0.2, 0.25) is 0 Å². The van der Waals surface area contributed by atoms with Crippen molar-refractivity contribution in [1.29, 1.82) is 5.26 Å². The summed E-state index contributed by atoms with van der Waals surface area (Å²) >= 11 is 0. The molecule has 16 heavy (non-hydrogen) atoms. The molecule has 0 radical (unpaired) electrons. The molecule has 0 aliphatic rings. The lowest BCUT2D eigenvalue weighted by Crippen LogP contribution is -2.19. The summed E-state index contributed by atoms with van der Waals surface area (Å²) in [6.45, 7) is -1.33. The summed E-state index contributed by atoms with van der Waals surface area (Å²) in [7, 11) is 0. The number of rotatable bonds is 2. The number of hydrogen-bond donors (Lipinski definition) is 1. The van der Waals surface area contributed by atoms with Gasteiger partial charge < -0.3 is 10.5 Å². The standard InChI is InChI=1S/C8H5F4N3O/c9-1-4-6(2-13)15-3-5(14)7(4)16-8(10,11)12/h3H,1,14H2. The number of alkyl halides is 4. The molecule has 1 aromatic rings. The van der Waals surface area contributed by atoms with Gasteiger partial charge in [-0.25, -0.2) is 9.37 Å². The number of halogens is 4. The van der Waals surface area contributed by atoms with E-state index in [4.69, 9.17) is 11.0 Å². The number of hydrogen-bond acceptors (Lipinski definition) is 4. The van der Waals surface area contributed by atoms with Crippen LogP contribution < -0.4 is 10.5 Å². The molecule has 0 aliphatic carbocycles. The number of anilines is 1. The van der Waals surface area contributed by atoms with Crippen molar-refractivity contribution in [3.63, 3.8) is 0 Å². The van der Waals surface area contributed by atoms with Crippen molar-refractivity contribution < 1.29 is 22.3 Å². The maximum Gasteiger partial charge on any atom is 0.573 e. The van der Waals surface area contributed by atoms with E-state index in [1.54, 1.807) is 0 Å². The Balaban J connectivity index is 3.30. The molecule has 86 valence electrons. The summed E-state index contributed by atoms with van der Waals surface area (Å²) in [5.74, 6) is -0.915. The molecule has 4 nitrogen and oxygen atoms in total. The number of nitriles is 1. The zero-order chi connectivity index (χ0) is 12.3. The van der Waals surface area contributed by atoms with E-state index in [2.05, 4.69) is 9.72 Å². The van der Waals surface area contributed by atoms with E-state index in [1.807, 2.05) is 0 Å². The fourth-order valence-corrected chi connectivity index (χ4v) is 1.01. The first-order chi connectivity index (χ1) is 7.39. The zero-order valence-electron chi connectivity index (χ0n) is 7.68. The normalized spacial score (nSPS) is 10.9. The summed E-state index contributed by atoms with van der Waals surface area (Å²) in [5, 5.41) is 8.51. The van der Waals surface area contributed by atoms with Gasteiger partial charge in [0.25, 0.3) is 0 Å². The Bertz CT molecular complexity index is 438. The molecular formula is C8H5F4N3O. The minimum absolute atomic E-state index is 0.482. The van der Waals surface area contributed by atoms with E-state index in [9.17, 15) is 17.6 Å². The number of nitrogens with two attached hydrogens (primary N) is 1. The Labute approximate surface area is 87.3 Å². The average Bonchev–Trinajstić information content (AvgIpc) is 2.19. The van der Waals surface area contributed by atoms with Crippen LogP contribution in [0.4, 0.5) is 23.2 Å². The van der Waals surface area contributed by atoms with Crippen molar-refractivity contribution >= 4 is 5.69 Å². The average molecular weight is 235 g/mol. The van der Waals surface area contributed by atoms with Crippen LogP contribution in [-0.4, -0.2) is 11.3 Å². The number of nitrogen functional groups attached to an aromatic ring is 1. The van der Waals surface area contributed by atoms with Crippen molar-refractivity contribution in [2.75, 3.05) is 5.73 Å². The fourth-order valence-electron chi connectivity index (χ4n) is 1.01. The Kier molecular flexibility index (Phi) is 3.17. The number of aromatic nitrogens is 1. The smallest absolute Gasteiger partial charge is 0.403 e. The molecule has 0 spiro atoms. The maximum absolute atomic E-state index is 12.5. The highest BCUT2D eigenvalue weighted by Gasteiger charge is 2.34. The van der Waals surface area contributed by atoms with Crippen molar-refractivity contribution in [2.24, 2.45) is 0 Å². The number of ether oxygens (including phenoxy) is 1. The van der Waals surface area contributed by atoms with Gasteiger partial charge in [0.05, 0.1) is 17.4 Å². The predicted octanol–water partition coefficient (Wildman–Crippen LogP) is 1.90. The molecule has 0 saturated carbocycles. The van der Waals surface area contributed by atoms with Crippen LogP contribution >= 0.6 is 0 Å². The molecule has 1 rings (SSSR count). The van der Waals surface area contributed by atoms with Gasteiger partial charge in [-0.2, -0.15) is 5.26 Å². The second-order valence-electron chi connectivity index (χ2n) is 2.66. The van der Waals surface area contributed by atoms with Crippen molar-refractivity contribution in [1.82, 2.24) is 4.98 Å². The van der Waals surface area contributed by atoms with Crippen molar-refractivity contribution in [2.45, 2.75) is 13.0 Å². The van der Waals surface area contributed by atoms with Crippen LogP contribution in [0.1, 0.15) is 11.3 Å². The van der Waals surface area contributed by atoms with Gasteiger partial charge >= 0.3 is 6.36 Å². The molecule has 0 fully saturated rings. The molecule has 1 aromatic heterocycles. The lowest BCUT2D eigenvalue weighted by molar-refractivity contribution is -0.274. The van der Waals surface area contributed by atoms with Crippen LogP contribution in [0, 0.1) is 11.3 Å². The highest BCUT2D eigenvalue weighted by molar-refractivity contribution is 5.58. The molecule has 8 heteroatoms. The van der Waals surface area contributed by atoms with Crippen molar-refractivity contribution in [3.05, 3.63) is 17.5 Å². The fraction of sp³-hybridized carbons (Fsp3) is 0.250. The van der Waals surface area contributed by atoms with Crippen LogP contribution in [0.25, 0.3) is 0 Å². The minimum Gasteiger partial charge on any atom is -0.403 e. The maximum atomic E-state index is 12.5. The van der Waals surface area contributed by atoms with Gasteiger partial charge in [0.1, 0.15) is 18.4 Å². The molecule has 0 atom stereocenters. The molecule has 1 heterocycles. The topological polar surface area (TPSA) is 71.9 Å². The first kappa shape index (κ1) is 12.0. The van der Waals surface area contributed by atoms with Gasteiger partial charge in [-0.1, -0.05) is 0 Å². The molecule has 0 saturated heterocycles. The lowest BCUT2D eigenvalue weighted by Gasteiger charge is -2.13. The number of nitrogens with zero attached hydrogens (tertiary/aromatic N) is 2. The van der Waals surface area contributed by atoms with E-state index in [1.165, 1.54) is 6.07 Å². The number of pyridine rings is 1. The van der Waals surface area contributed by atoms with Gasteiger partial charge in [0.15, 0.2) is 5.75 Å². The molecule has 0 amide bonds. The first-order valence-corrected chi connectivity index (χ1v) is 3.88. The van der Waals surface area contributed by atoms with Crippen LogP contribution in [0.5, 0.6) is 5.75 Å². The molecule has 2 N–H and O–H groups in total. The summed E-state index contributed by atoms with van der Waals surface area (Å²) in [6.07, 6.45) is -4.20. The summed E-state index contributed by atoms with van der Waals surface area (Å²) < 4.78 is 51.9. The summed E-state index contributed by atoms with van der Waals surface area (Å²) in [4.78, 5) is 3.38. The van der Waals surface area contributed by atoms with Crippen LogP contribution in [0.15, 0.2) is 6.20 Å². The third kappa shape index (κ3) is 2.50. The Hall–Kier alpha value is -2.04. The second-order valence-corrected chi connectivity index (χ2v) is 2.66. The quantitative estimate of drug-likeness (QED) is 0.794. The highest BCUT2D eigenvalue weighted by atomic mass is 19.4. The Morgan fingerprint density at radius 2 is 2.12 bits per heavy atom. The van der Waals surface area contributed by atoms with E-state index in [0.717, 1.165) is 6.20 Å². The van der Waals surface area contributed by atoms with Gasteiger partial charge in [0, 0.05) is 0 Å². The second kappa shape index (κ2) is 4.22. The van der Waals surface area contributed by atoms with Gasteiger partial charge in [-0.3, -0.25) is 0 Å². The van der Waals surface area contributed by atoms with E-state index in [-0.39, 0.29) is 0 Å². The largest absolute Gasteiger partial charge is 0.573 e. The molecule has 0 aliphatic heterocycles. The third-order valence-corrected chi connectivity index (χ3v) is 1.61. The van der Waals surface area contributed by atoms with E-state index >= 15 is 0 Å². The van der Waals surface area contributed by atoms with Crippen LogP contribution in [0.3, 0.4) is 0 Å². The molecular weight excluding hydrogens is 230 g/mol. The SMILES string of the molecule is N#Cc1ncc(N)c(OC(F)(F)F)c1CF. The van der Waals surface area contributed by atoms with Crippen molar-refractivity contribution in [3.8, 4) is 11.8 Å². The summed E-state index contributed by atoms with van der Waals surface area (Å²) in [5.41, 5.74) is 3.58. The minimum atomic E-state index is -5.01. The van der Waals surface area contributed by atoms with E-state index < -0.39 is 35.7 Å². The Morgan fingerprint density at radius 3 is 2.56 bits per heavy atom. The van der Waals surface area contributed by atoms with E-state index in [0.29, 0.717) is 0 Å². The predicted molar refractivity (Wildman–Crippen MR) is 44.9 cm³/mol. The van der Waals surface area contributed by atoms with Gasteiger partial charge in [0.2, 0.25) is 0 Å². The first-order valence-electron chi connectivity index (χ1n) is 3.88. The monoisotopic (exact) mass is 235 g/mol. The zero-order valence-corrected chi connectivity index (χ0v) is 7.68. The van der Waals surface area contributed by atoms with Gasteiger partial charge in [-0.15, -0.1) is 13.2 Å². The molecule has 0 aromatic carbocycles. The molecule has 0 unspecified atom stereocenters. The van der Waals surface area contributed by atoms with Crippen LogP contribution in [-0.2, 0) is 6.67 Å². The Morgan fingerprint density at radius 1 is 1.50 bits per heavy atom. The third-order valence-electron chi connectivity index (χ3n) is 1.61. The summed E-state index contributed by atoms with van der Waals surface area (Å²) in [6, 6.07) is 1.45. The molecule has 0 bridgehead atoms. The lowest BCUT2D eigenvalue weighted by atomic mass is 10.2. The highest BCUT2D eigenvalue weighted by Crippen LogP contribution is 2.33.